The van der Waals surface area contributed by atoms with Gasteiger partial charge in [0, 0.05) is 45.9 Å². The lowest BCUT2D eigenvalue weighted by Gasteiger charge is -2.09. The van der Waals surface area contributed by atoms with Crippen molar-refractivity contribution in [2.75, 3.05) is 6.61 Å². The summed E-state index contributed by atoms with van der Waals surface area (Å²) in [6.45, 7) is 7.07. The lowest BCUT2D eigenvalue weighted by Crippen LogP contribution is -2.09. The molecule has 1 heterocycles. The Morgan fingerprint density at radius 3 is 2.13 bits per heavy atom. The van der Waals surface area contributed by atoms with Crippen LogP contribution in [0.4, 0.5) is 0 Å². The molecule has 0 aliphatic rings. The van der Waals surface area contributed by atoms with Gasteiger partial charge in [0.2, 0.25) is 0 Å². The van der Waals surface area contributed by atoms with E-state index in [1.807, 2.05) is 83.4 Å². The number of nitrogens with zero attached hydrogens (tertiary/aromatic N) is 2. The van der Waals surface area contributed by atoms with Gasteiger partial charge >= 0.3 is 11.9 Å². The van der Waals surface area contributed by atoms with Crippen LogP contribution in [0.1, 0.15) is 35.3 Å². The highest BCUT2D eigenvalue weighted by molar-refractivity contribution is 6.16. The first-order valence-corrected chi connectivity index (χ1v) is 12.5. The van der Waals surface area contributed by atoms with Gasteiger partial charge in [-0.3, -0.25) is 4.79 Å². The highest BCUT2D eigenvalue weighted by Gasteiger charge is 2.17. The second kappa shape index (κ2) is 10.8. The van der Waals surface area contributed by atoms with Crippen LogP contribution in [0.3, 0.4) is 0 Å². The molecule has 0 aliphatic heterocycles. The zero-order chi connectivity index (χ0) is 27.5. The fourth-order valence-electron chi connectivity index (χ4n) is 4.69. The molecule has 0 fully saturated rings. The molecule has 0 saturated heterocycles. The van der Waals surface area contributed by atoms with E-state index in [1.54, 1.807) is 6.92 Å². The normalized spacial score (nSPS) is 11.6. The van der Waals surface area contributed by atoms with Crippen LogP contribution >= 0.6 is 0 Å². The molecular formula is C32H26N2O5. The van der Waals surface area contributed by atoms with Crippen molar-refractivity contribution in [3.8, 4) is 0 Å². The molecule has 7 heteroatoms. The Kier molecular flexibility index (Phi) is 7.06. The summed E-state index contributed by atoms with van der Waals surface area (Å²) < 4.78 is 7.28. The van der Waals surface area contributed by atoms with Crippen molar-refractivity contribution in [1.29, 1.82) is 0 Å². The number of oxime groups is 1. The van der Waals surface area contributed by atoms with Crippen LogP contribution in [-0.4, -0.2) is 34.6 Å². The highest BCUT2D eigenvalue weighted by atomic mass is 16.7. The van der Waals surface area contributed by atoms with Gasteiger partial charge in [0.05, 0.1) is 12.3 Å². The van der Waals surface area contributed by atoms with Gasteiger partial charge in [-0.1, -0.05) is 54.2 Å². The third-order valence-corrected chi connectivity index (χ3v) is 6.59. The smallest absolute Gasteiger partial charge is 0.331 e. The minimum atomic E-state index is -0.502. The van der Waals surface area contributed by atoms with Crippen LogP contribution in [0.2, 0.25) is 0 Å². The Hall–Kier alpha value is -5.04. The summed E-state index contributed by atoms with van der Waals surface area (Å²) in [4.78, 5) is 41.2. The van der Waals surface area contributed by atoms with E-state index in [1.165, 1.54) is 6.92 Å². The number of hydrogen-bond donors (Lipinski definition) is 0. The van der Waals surface area contributed by atoms with Crippen LogP contribution in [0, 0.1) is 0 Å². The molecule has 0 atom stereocenters. The van der Waals surface area contributed by atoms with Crippen molar-refractivity contribution in [2.45, 2.75) is 20.4 Å². The lowest BCUT2D eigenvalue weighted by atomic mass is 9.98. The average Bonchev–Trinajstić information content (AvgIpc) is 3.27. The van der Waals surface area contributed by atoms with E-state index < -0.39 is 11.9 Å². The lowest BCUT2D eigenvalue weighted by molar-refractivity contribution is -0.141. The van der Waals surface area contributed by atoms with Gasteiger partial charge in [0.1, 0.15) is 6.61 Å². The number of hydrogen-bond acceptors (Lipinski definition) is 6. The molecule has 0 unspecified atom stereocenters. The molecule has 1 aromatic heterocycles. The van der Waals surface area contributed by atoms with Gasteiger partial charge < -0.3 is 14.1 Å². The van der Waals surface area contributed by atoms with E-state index in [9.17, 15) is 14.4 Å². The predicted octanol–water partition coefficient (Wildman–Crippen LogP) is 6.20. The molecule has 194 valence electrons. The van der Waals surface area contributed by atoms with E-state index >= 15 is 0 Å². The molecule has 0 N–H and O–H groups in total. The van der Waals surface area contributed by atoms with Gasteiger partial charge in [-0.2, -0.15) is 0 Å². The summed E-state index contributed by atoms with van der Waals surface area (Å²) >= 11 is 0. The van der Waals surface area contributed by atoms with Gasteiger partial charge in [0.15, 0.2) is 5.78 Å². The van der Waals surface area contributed by atoms with E-state index in [0.717, 1.165) is 44.2 Å². The number of rotatable bonds is 8. The fraction of sp³-hybridized carbons (Fsp3) is 0.125. The summed E-state index contributed by atoms with van der Waals surface area (Å²) in [5, 5.41) is 7.75. The first-order valence-electron chi connectivity index (χ1n) is 12.5. The van der Waals surface area contributed by atoms with Crippen LogP contribution in [0.15, 0.2) is 96.7 Å². The number of carbonyl (C=O) groups excluding carboxylic acids is 3. The Morgan fingerprint density at radius 1 is 0.821 bits per heavy atom. The second-order valence-corrected chi connectivity index (χ2v) is 9.14. The summed E-state index contributed by atoms with van der Waals surface area (Å²) in [7, 11) is 0. The average molecular weight is 519 g/mol. The molecule has 5 rings (SSSR count). The van der Waals surface area contributed by atoms with Gasteiger partial charge in [-0.05, 0) is 59.7 Å². The van der Waals surface area contributed by atoms with Crippen molar-refractivity contribution in [3.63, 3.8) is 0 Å². The Balaban J connectivity index is 1.61. The van der Waals surface area contributed by atoms with Gasteiger partial charge in [0.25, 0.3) is 0 Å². The molecule has 0 aliphatic carbocycles. The molecule has 7 nitrogen and oxygen atoms in total. The molecule has 0 bridgehead atoms. The first kappa shape index (κ1) is 25.6. The molecule has 0 saturated carbocycles. The number of benzene rings is 4. The quantitative estimate of drug-likeness (QED) is 0.0610. The highest BCUT2D eigenvalue weighted by Crippen LogP contribution is 2.32. The van der Waals surface area contributed by atoms with Gasteiger partial charge in [-0.15, -0.1) is 0 Å². The second-order valence-electron chi connectivity index (χ2n) is 9.14. The number of ether oxygens (including phenoxy) is 1. The van der Waals surface area contributed by atoms with Crippen molar-refractivity contribution in [2.24, 2.45) is 5.16 Å². The molecule has 0 spiro atoms. The molecule has 5 aromatic rings. The first-order chi connectivity index (χ1) is 18.9. The Labute approximate surface area is 224 Å². The molecule has 4 aromatic carbocycles. The van der Waals surface area contributed by atoms with Crippen LogP contribution < -0.4 is 0 Å². The van der Waals surface area contributed by atoms with Crippen molar-refractivity contribution >= 4 is 56.0 Å². The van der Waals surface area contributed by atoms with Crippen LogP contribution in [0.25, 0.3) is 32.6 Å². The maximum Gasteiger partial charge on any atom is 0.331 e. The predicted molar refractivity (Wildman–Crippen MR) is 152 cm³/mol. The minimum Gasteiger partial charge on any atom is -0.461 e. The standard InChI is InChI=1S/C32H26N2O5/c1-4-31(36)38-16-15-34-29-13-11-23(20(2)33-39-21(3)35)18-27(29)28-19-26(12-14-30(28)34)32(37)25-10-9-22-7-5-6-8-24(22)17-25/h4-14,17-19H,1,15-16H2,2-3H3/b33-20+. The summed E-state index contributed by atoms with van der Waals surface area (Å²) in [5.41, 5.74) is 4.27. The number of fused-ring (bicyclic) bond motifs is 4. The third kappa shape index (κ3) is 5.20. The Bertz CT molecular complexity index is 1810. The topological polar surface area (TPSA) is 87.0 Å². The van der Waals surface area contributed by atoms with Crippen molar-refractivity contribution < 1.29 is 24.0 Å². The summed E-state index contributed by atoms with van der Waals surface area (Å²) in [6.07, 6.45) is 1.13. The number of ketones is 1. The third-order valence-electron chi connectivity index (χ3n) is 6.59. The van der Waals surface area contributed by atoms with Crippen LogP contribution in [0.5, 0.6) is 0 Å². The zero-order valence-corrected chi connectivity index (χ0v) is 21.6. The van der Waals surface area contributed by atoms with E-state index in [-0.39, 0.29) is 12.4 Å². The monoisotopic (exact) mass is 518 g/mol. The number of carbonyl (C=O) groups is 3. The van der Waals surface area contributed by atoms with Gasteiger partial charge in [-0.25, -0.2) is 9.59 Å². The SMILES string of the molecule is C=CC(=O)OCCn1c2ccc(C(=O)c3ccc4ccccc4c3)cc2c2cc(/C(C)=N/OC(C)=O)ccc21. The van der Waals surface area contributed by atoms with Crippen LogP contribution in [-0.2, 0) is 25.7 Å². The van der Waals surface area contributed by atoms with E-state index in [2.05, 4.69) is 11.7 Å². The minimum absolute atomic E-state index is 0.0766. The summed E-state index contributed by atoms with van der Waals surface area (Å²) in [6, 6.07) is 25.0. The summed E-state index contributed by atoms with van der Waals surface area (Å²) in [5.74, 6) is -1.07. The maximum absolute atomic E-state index is 13.5. The zero-order valence-electron chi connectivity index (χ0n) is 21.6. The van der Waals surface area contributed by atoms with E-state index in [0.29, 0.717) is 23.4 Å². The molecular weight excluding hydrogens is 492 g/mol. The largest absolute Gasteiger partial charge is 0.461 e. The maximum atomic E-state index is 13.5. The van der Waals surface area contributed by atoms with Crippen molar-refractivity contribution in [1.82, 2.24) is 4.57 Å². The Morgan fingerprint density at radius 2 is 1.44 bits per heavy atom. The number of esters is 1. The molecule has 39 heavy (non-hydrogen) atoms. The fourth-order valence-corrected chi connectivity index (χ4v) is 4.69. The van der Waals surface area contributed by atoms with E-state index in [4.69, 9.17) is 9.57 Å². The number of aromatic nitrogens is 1. The van der Waals surface area contributed by atoms with Crippen molar-refractivity contribution in [3.05, 3.63) is 108 Å². The molecule has 0 amide bonds. The molecule has 0 radical (unpaired) electrons.